The summed E-state index contributed by atoms with van der Waals surface area (Å²) >= 11 is 5.75. The third-order valence-electron chi connectivity index (χ3n) is 3.27. The molecule has 0 aliphatic carbocycles. The molecular weight excluding hydrogens is 264 g/mol. The Labute approximate surface area is 117 Å². The van der Waals surface area contributed by atoms with Crippen molar-refractivity contribution in [1.29, 1.82) is 0 Å². The number of imide groups is 1. The van der Waals surface area contributed by atoms with Crippen LogP contribution >= 0.6 is 11.6 Å². The van der Waals surface area contributed by atoms with E-state index in [2.05, 4.69) is 12.2 Å². The van der Waals surface area contributed by atoms with Crippen molar-refractivity contribution in [1.82, 2.24) is 10.2 Å². The first-order valence-corrected chi connectivity index (χ1v) is 6.80. The van der Waals surface area contributed by atoms with Crippen molar-refractivity contribution in [3.63, 3.8) is 0 Å². The zero-order chi connectivity index (χ0) is 13.8. The lowest BCUT2D eigenvalue weighted by Gasteiger charge is -2.30. The molecule has 1 aromatic carbocycles. The number of hydrogen-bond acceptors (Lipinski definition) is 2. The largest absolute Gasteiger partial charge is 0.324 e. The molecule has 0 bridgehead atoms. The smallest absolute Gasteiger partial charge is 0.324 e. The maximum absolute atomic E-state index is 12.0. The van der Waals surface area contributed by atoms with Gasteiger partial charge in [0.1, 0.15) is 0 Å². The zero-order valence-corrected chi connectivity index (χ0v) is 11.6. The molecule has 1 heterocycles. The van der Waals surface area contributed by atoms with Crippen LogP contribution in [0.5, 0.6) is 0 Å². The number of nitrogens with zero attached hydrogens (tertiary/aromatic N) is 1. The van der Waals surface area contributed by atoms with E-state index in [0.717, 1.165) is 12.8 Å². The second kappa shape index (κ2) is 6.06. The minimum absolute atomic E-state index is 0.313. The molecule has 1 N–H and O–H groups in total. The molecule has 1 aromatic rings. The molecule has 102 valence electrons. The second-order valence-electron chi connectivity index (χ2n) is 4.96. The molecule has 5 heteroatoms. The topological polar surface area (TPSA) is 49.4 Å². The van der Waals surface area contributed by atoms with Gasteiger partial charge in [0.2, 0.25) is 0 Å². The van der Waals surface area contributed by atoms with Crippen molar-refractivity contribution in [3.8, 4) is 0 Å². The van der Waals surface area contributed by atoms with Gasteiger partial charge < -0.3 is 4.90 Å². The van der Waals surface area contributed by atoms with E-state index in [1.165, 1.54) is 0 Å². The highest BCUT2D eigenvalue weighted by molar-refractivity contribution is 6.30. The Balaban J connectivity index is 1.94. The molecule has 0 aromatic heterocycles. The van der Waals surface area contributed by atoms with Crippen molar-refractivity contribution < 1.29 is 9.59 Å². The van der Waals surface area contributed by atoms with E-state index >= 15 is 0 Å². The van der Waals surface area contributed by atoms with Crippen LogP contribution in [0.1, 0.15) is 30.1 Å². The van der Waals surface area contributed by atoms with Crippen molar-refractivity contribution in [2.45, 2.75) is 19.8 Å². The Kier molecular flexibility index (Phi) is 4.43. The summed E-state index contributed by atoms with van der Waals surface area (Å²) in [4.78, 5) is 25.5. The second-order valence-corrected chi connectivity index (χ2v) is 5.40. The van der Waals surface area contributed by atoms with E-state index in [1.54, 1.807) is 29.2 Å². The molecular formula is C14H17ClN2O2. The van der Waals surface area contributed by atoms with E-state index in [9.17, 15) is 9.59 Å². The normalized spacial score (nSPS) is 19.1. The number of nitrogens with one attached hydrogen (secondary N) is 1. The summed E-state index contributed by atoms with van der Waals surface area (Å²) in [5.41, 5.74) is 0.433. The molecule has 1 atom stereocenters. The Morgan fingerprint density at radius 3 is 2.63 bits per heavy atom. The van der Waals surface area contributed by atoms with Gasteiger partial charge in [-0.2, -0.15) is 0 Å². The number of rotatable bonds is 1. The molecule has 0 spiro atoms. The zero-order valence-electron chi connectivity index (χ0n) is 10.9. The molecule has 1 saturated heterocycles. The van der Waals surface area contributed by atoms with Gasteiger partial charge in [0, 0.05) is 23.7 Å². The molecule has 0 unspecified atom stereocenters. The van der Waals surface area contributed by atoms with Crippen LogP contribution < -0.4 is 5.32 Å². The van der Waals surface area contributed by atoms with Crippen LogP contribution in [-0.4, -0.2) is 29.9 Å². The van der Waals surface area contributed by atoms with Crippen LogP contribution in [0.4, 0.5) is 4.79 Å². The Hall–Kier alpha value is -1.55. The van der Waals surface area contributed by atoms with Crippen molar-refractivity contribution in [2.24, 2.45) is 5.92 Å². The molecule has 0 radical (unpaired) electrons. The molecule has 0 saturated carbocycles. The third-order valence-corrected chi connectivity index (χ3v) is 3.52. The van der Waals surface area contributed by atoms with Crippen LogP contribution in [-0.2, 0) is 0 Å². The fraction of sp³-hybridized carbons (Fsp3) is 0.429. The number of hydrogen-bond donors (Lipinski definition) is 1. The number of carbonyl (C=O) groups is 2. The van der Waals surface area contributed by atoms with Crippen LogP contribution in [0.25, 0.3) is 0 Å². The molecule has 1 aliphatic rings. The van der Waals surface area contributed by atoms with Crippen molar-refractivity contribution >= 4 is 23.5 Å². The van der Waals surface area contributed by atoms with Crippen LogP contribution in [0.3, 0.4) is 0 Å². The number of benzene rings is 1. The maximum Gasteiger partial charge on any atom is 0.324 e. The Morgan fingerprint density at radius 2 is 2.00 bits per heavy atom. The summed E-state index contributed by atoms with van der Waals surface area (Å²) in [5, 5.41) is 2.97. The fourth-order valence-electron chi connectivity index (χ4n) is 2.22. The van der Waals surface area contributed by atoms with E-state index in [0.29, 0.717) is 29.6 Å². The number of urea groups is 1. The maximum atomic E-state index is 12.0. The van der Waals surface area contributed by atoms with Gasteiger partial charge in [-0.05, 0) is 43.0 Å². The molecule has 1 aliphatic heterocycles. The molecule has 2 rings (SSSR count). The number of likely N-dealkylation sites (tertiary alicyclic amines) is 1. The van der Waals surface area contributed by atoms with Crippen LogP contribution in [0.15, 0.2) is 24.3 Å². The molecule has 19 heavy (non-hydrogen) atoms. The van der Waals surface area contributed by atoms with E-state index in [4.69, 9.17) is 11.6 Å². The summed E-state index contributed by atoms with van der Waals surface area (Å²) in [5.74, 6) is 0.102. The summed E-state index contributed by atoms with van der Waals surface area (Å²) in [6, 6.07) is 6.15. The monoisotopic (exact) mass is 280 g/mol. The molecule has 4 nitrogen and oxygen atoms in total. The quantitative estimate of drug-likeness (QED) is 0.860. The first kappa shape index (κ1) is 13.9. The SMILES string of the molecule is C[C@@H]1CCCN(C(=O)NC(=O)c2ccc(Cl)cc2)C1. The highest BCUT2D eigenvalue weighted by atomic mass is 35.5. The van der Waals surface area contributed by atoms with Crippen LogP contribution in [0.2, 0.25) is 5.02 Å². The minimum Gasteiger partial charge on any atom is -0.324 e. The van der Waals surface area contributed by atoms with Gasteiger partial charge in [-0.15, -0.1) is 0 Å². The predicted octanol–water partition coefficient (Wildman–Crippen LogP) is 2.92. The Morgan fingerprint density at radius 1 is 1.32 bits per heavy atom. The van der Waals surface area contributed by atoms with Gasteiger partial charge in [-0.1, -0.05) is 18.5 Å². The van der Waals surface area contributed by atoms with Crippen LogP contribution in [0, 0.1) is 5.92 Å². The van der Waals surface area contributed by atoms with E-state index in [1.807, 2.05) is 0 Å². The van der Waals surface area contributed by atoms with E-state index in [-0.39, 0.29) is 11.9 Å². The van der Waals surface area contributed by atoms with Gasteiger partial charge in [0.25, 0.3) is 5.91 Å². The van der Waals surface area contributed by atoms with Gasteiger partial charge in [-0.3, -0.25) is 10.1 Å². The summed E-state index contributed by atoms with van der Waals surface area (Å²) in [7, 11) is 0. The number of amides is 3. The van der Waals surface area contributed by atoms with Gasteiger partial charge in [0.05, 0.1) is 0 Å². The summed E-state index contributed by atoms with van der Waals surface area (Å²) in [6.45, 7) is 3.53. The first-order chi connectivity index (χ1) is 9.06. The first-order valence-electron chi connectivity index (χ1n) is 6.42. The fourth-order valence-corrected chi connectivity index (χ4v) is 2.35. The van der Waals surface area contributed by atoms with E-state index < -0.39 is 0 Å². The average molecular weight is 281 g/mol. The van der Waals surface area contributed by atoms with Gasteiger partial charge in [0.15, 0.2) is 0 Å². The summed E-state index contributed by atoms with van der Waals surface area (Å²) < 4.78 is 0. The number of halogens is 1. The predicted molar refractivity (Wildman–Crippen MR) is 74.3 cm³/mol. The van der Waals surface area contributed by atoms with Gasteiger partial charge in [-0.25, -0.2) is 4.79 Å². The minimum atomic E-state index is -0.389. The lowest BCUT2D eigenvalue weighted by Crippen LogP contribution is -2.46. The van der Waals surface area contributed by atoms with Crippen molar-refractivity contribution in [2.75, 3.05) is 13.1 Å². The number of piperidine rings is 1. The highest BCUT2D eigenvalue weighted by Crippen LogP contribution is 2.15. The van der Waals surface area contributed by atoms with Crippen molar-refractivity contribution in [3.05, 3.63) is 34.9 Å². The number of carbonyl (C=O) groups excluding carboxylic acids is 2. The molecule has 3 amide bonds. The average Bonchev–Trinajstić information content (AvgIpc) is 2.39. The lowest BCUT2D eigenvalue weighted by atomic mass is 10.0. The highest BCUT2D eigenvalue weighted by Gasteiger charge is 2.22. The lowest BCUT2D eigenvalue weighted by molar-refractivity contribution is 0.0944. The Bertz CT molecular complexity index is 473. The third kappa shape index (κ3) is 3.70. The van der Waals surface area contributed by atoms with Gasteiger partial charge >= 0.3 is 6.03 Å². The standard InChI is InChI=1S/C14H17ClN2O2/c1-10-3-2-8-17(9-10)14(19)16-13(18)11-4-6-12(15)7-5-11/h4-7,10H,2-3,8-9H2,1H3,(H,16,18,19)/t10-/m1/s1. The summed E-state index contributed by atoms with van der Waals surface area (Å²) in [6.07, 6.45) is 2.12. The molecule has 1 fully saturated rings.